The van der Waals surface area contributed by atoms with Crippen LogP contribution in [0, 0.1) is 16.7 Å². The van der Waals surface area contributed by atoms with E-state index in [9.17, 15) is 4.79 Å². The van der Waals surface area contributed by atoms with E-state index in [2.05, 4.69) is 37.9 Å². The lowest BCUT2D eigenvalue weighted by molar-refractivity contribution is -0.134. The fourth-order valence-corrected chi connectivity index (χ4v) is 4.14. The minimum Gasteiger partial charge on any atom is -0.341 e. The van der Waals surface area contributed by atoms with E-state index in [-0.39, 0.29) is 29.2 Å². The van der Waals surface area contributed by atoms with Crippen LogP contribution in [0.25, 0.3) is 0 Å². The van der Waals surface area contributed by atoms with Crippen molar-refractivity contribution in [3.05, 3.63) is 0 Å². The van der Waals surface area contributed by atoms with Gasteiger partial charge >= 0.3 is 0 Å². The van der Waals surface area contributed by atoms with Gasteiger partial charge in [-0.25, -0.2) is 0 Å². The van der Waals surface area contributed by atoms with Crippen LogP contribution in [0.4, 0.5) is 0 Å². The van der Waals surface area contributed by atoms with Crippen molar-refractivity contribution in [1.29, 1.82) is 0 Å². The fourth-order valence-electron chi connectivity index (χ4n) is 4.14. The molecule has 0 aromatic rings. The van der Waals surface area contributed by atoms with Crippen LogP contribution in [0.1, 0.15) is 47.0 Å². The summed E-state index contributed by atoms with van der Waals surface area (Å²) in [5, 5.41) is 3.64. The standard InChI is InChI=1S/C15H26N2O.ClH/c1-14(2)12(15(14,3)4)13(18)17-8-7-10-5-6-11(9-17)16-10;/h10-12,16H,5-9H2,1-4H3;1H. The van der Waals surface area contributed by atoms with Crippen molar-refractivity contribution in [1.82, 2.24) is 10.2 Å². The Morgan fingerprint density at radius 3 is 2.21 bits per heavy atom. The Labute approximate surface area is 122 Å². The van der Waals surface area contributed by atoms with Gasteiger partial charge in [-0.15, -0.1) is 12.4 Å². The molecule has 19 heavy (non-hydrogen) atoms. The molecule has 3 fully saturated rings. The van der Waals surface area contributed by atoms with Gasteiger partial charge in [0.25, 0.3) is 0 Å². The normalized spacial score (nSPS) is 35.5. The number of nitrogens with zero attached hydrogens (tertiary/aromatic N) is 1. The number of hydrogen-bond acceptors (Lipinski definition) is 2. The SMILES string of the molecule is CC1(C)C(C(=O)N2CCC3CCC(C2)N3)C1(C)C.Cl. The Morgan fingerprint density at radius 2 is 1.63 bits per heavy atom. The van der Waals surface area contributed by atoms with E-state index in [1.165, 1.54) is 12.8 Å². The smallest absolute Gasteiger partial charge is 0.226 e. The van der Waals surface area contributed by atoms with Gasteiger partial charge < -0.3 is 10.2 Å². The maximum Gasteiger partial charge on any atom is 0.226 e. The van der Waals surface area contributed by atoms with Crippen molar-refractivity contribution < 1.29 is 4.79 Å². The first kappa shape index (κ1) is 15.1. The second-order valence-electron chi connectivity index (χ2n) is 7.59. The quantitative estimate of drug-likeness (QED) is 0.803. The van der Waals surface area contributed by atoms with Gasteiger partial charge in [0.2, 0.25) is 5.91 Å². The summed E-state index contributed by atoms with van der Waals surface area (Å²) in [5.41, 5.74) is 0.339. The third kappa shape index (κ3) is 2.19. The Bertz CT molecular complexity index is 366. The van der Waals surface area contributed by atoms with E-state index < -0.39 is 0 Å². The van der Waals surface area contributed by atoms with Crippen LogP contribution in [0.2, 0.25) is 0 Å². The number of carbonyl (C=O) groups is 1. The average molecular weight is 287 g/mol. The van der Waals surface area contributed by atoms with Crippen molar-refractivity contribution in [3.8, 4) is 0 Å². The van der Waals surface area contributed by atoms with Crippen molar-refractivity contribution >= 4 is 18.3 Å². The van der Waals surface area contributed by atoms with Crippen LogP contribution < -0.4 is 5.32 Å². The lowest BCUT2D eigenvalue weighted by Crippen LogP contribution is -2.40. The average Bonchev–Trinajstić information content (AvgIpc) is 2.52. The zero-order valence-electron chi connectivity index (χ0n) is 12.5. The molecule has 2 heterocycles. The van der Waals surface area contributed by atoms with E-state index >= 15 is 0 Å². The number of nitrogens with one attached hydrogen (secondary N) is 1. The van der Waals surface area contributed by atoms with Crippen LogP contribution in [0.5, 0.6) is 0 Å². The molecule has 3 rings (SSSR count). The molecule has 1 aliphatic carbocycles. The molecule has 2 aliphatic heterocycles. The van der Waals surface area contributed by atoms with Crippen molar-refractivity contribution in [2.24, 2.45) is 16.7 Å². The summed E-state index contributed by atoms with van der Waals surface area (Å²) >= 11 is 0. The monoisotopic (exact) mass is 286 g/mol. The molecule has 3 nitrogen and oxygen atoms in total. The topological polar surface area (TPSA) is 32.3 Å². The van der Waals surface area contributed by atoms with E-state index in [0.717, 1.165) is 19.5 Å². The van der Waals surface area contributed by atoms with Gasteiger partial charge in [0, 0.05) is 31.1 Å². The highest BCUT2D eigenvalue weighted by Gasteiger charge is 2.68. The number of amides is 1. The Balaban J connectivity index is 0.00000133. The molecule has 110 valence electrons. The van der Waals surface area contributed by atoms with E-state index in [1.54, 1.807) is 0 Å². The molecular formula is C15H27ClN2O. The molecule has 4 heteroatoms. The lowest BCUT2D eigenvalue weighted by atomic mass is 10.0. The zero-order chi connectivity index (χ0) is 13.1. The third-order valence-corrected chi connectivity index (χ3v) is 6.10. The predicted molar refractivity (Wildman–Crippen MR) is 79.4 cm³/mol. The fraction of sp³-hybridized carbons (Fsp3) is 0.933. The Morgan fingerprint density at radius 1 is 1.05 bits per heavy atom. The molecule has 1 saturated carbocycles. The van der Waals surface area contributed by atoms with Crippen LogP contribution >= 0.6 is 12.4 Å². The molecule has 0 radical (unpaired) electrons. The maximum absolute atomic E-state index is 12.7. The molecule has 0 aromatic heterocycles. The molecule has 2 bridgehead atoms. The zero-order valence-corrected chi connectivity index (χ0v) is 13.3. The summed E-state index contributed by atoms with van der Waals surface area (Å²) in [6.07, 6.45) is 3.68. The first-order chi connectivity index (χ1) is 8.34. The number of carbonyl (C=O) groups excluding carboxylic acids is 1. The molecule has 0 spiro atoms. The van der Waals surface area contributed by atoms with Crippen LogP contribution in [0.3, 0.4) is 0 Å². The number of likely N-dealkylation sites (tertiary alicyclic amines) is 1. The molecule has 1 N–H and O–H groups in total. The highest BCUT2D eigenvalue weighted by atomic mass is 35.5. The van der Waals surface area contributed by atoms with Gasteiger partial charge in [0.05, 0.1) is 0 Å². The number of halogens is 1. The highest BCUT2D eigenvalue weighted by molar-refractivity contribution is 5.85. The van der Waals surface area contributed by atoms with Gasteiger partial charge in [-0.2, -0.15) is 0 Å². The van der Waals surface area contributed by atoms with Crippen LogP contribution in [0.15, 0.2) is 0 Å². The minimum absolute atomic E-state index is 0. The summed E-state index contributed by atoms with van der Waals surface area (Å²) in [6, 6.07) is 1.21. The first-order valence-electron chi connectivity index (χ1n) is 7.39. The van der Waals surface area contributed by atoms with Gasteiger partial charge in [0.1, 0.15) is 0 Å². The molecule has 3 aliphatic rings. The molecular weight excluding hydrogens is 260 g/mol. The van der Waals surface area contributed by atoms with Gasteiger partial charge in [-0.3, -0.25) is 4.79 Å². The Kier molecular flexibility index (Phi) is 3.68. The predicted octanol–water partition coefficient (Wildman–Crippen LogP) is 2.44. The van der Waals surface area contributed by atoms with Gasteiger partial charge in [0.15, 0.2) is 0 Å². The second kappa shape index (κ2) is 4.63. The lowest BCUT2D eigenvalue weighted by Gasteiger charge is -2.25. The van der Waals surface area contributed by atoms with Crippen LogP contribution in [-0.2, 0) is 4.79 Å². The minimum atomic E-state index is 0. The number of fused-ring (bicyclic) bond motifs is 2. The molecule has 2 saturated heterocycles. The van der Waals surface area contributed by atoms with Crippen molar-refractivity contribution in [2.45, 2.75) is 59.0 Å². The molecule has 1 amide bonds. The largest absolute Gasteiger partial charge is 0.341 e. The summed E-state index contributed by atoms with van der Waals surface area (Å²) in [5.74, 6) is 0.626. The number of rotatable bonds is 1. The third-order valence-electron chi connectivity index (χ3n) is 6.10. The number of hydrogen-bond donors (Lipinski definition) is 1. The van der Waals surface area contributed by atoms with Crippen molar-refractivity contribution in [2.75, 3.05) is 13.1 Å². The van der Waals surface area contributed by atoms with E-state index in [0.29, 0.717) is 18.0 Å². The summed E-state index contributed by atoms with van der Waals surface area (Å²) in [4.78, 5) is 14.9. The first-order valence-corrected chi connectivity index (χ1v) is 7.39. The summed E-state index contributed by atoms with van der Waals surface area (Å²) in [7, 11) is 0. The van der Waals surface area contributed by atoms with E-state index in [4.69, 9.17) is 0 Å². The highest BCUT2D eigenvalue weighted by Crippen LogP contribution is 2.68. The van der Waals surface area contributed by atoms with Crippen LogP contribution in [-0.4, -0.2) is 36.0 Å². The Hall–Kier alpha value is -0.280. The molecule has 0 aromatic carbocycles. The molecule has 2 atom stereocenters. The van der Waals surface area contributed by atoms with Crippen molar-refractivity contribution in [3.63, 3.8) is 0 Å². The van der Waals surface area contributed by atoms with Gasteiger partial charge in [-0.1, -0.05) is 27.7 Å². The summed E-state index contributed by atoms with van der Waals surface area (Å²) < 4.78 is 0. The summed E-state index contributed by atoms with van der Waals surface area (Å²) in [6.45, 7) is 10.8. The second-order valence-corrected chi connectivity index (χ2v) is 7.59. The van der Waals surface area contributed by atoms with E-state index in [1.807, 2.05) is 0 Å². The maximum atomic E-state index is 12.7. The molecule has 2 unspecified atom stereocenters. The van der Waals surface area contributed by atoms with Gasteiger partial charge in [-0.05, 0) is 30.1 Å².